The van der Waals surface area contributed by atoms with E-state index in [2.05, 4.69) is 31.8 Å². The lowest BCUT2D eigenvalue weighted by atomic mass is 10.2. The molecule has 2 rings (SSSR count). The minimum atomic E-state index is -0.612. The second-order valence-corrected chi connectivity index (χ2v) is 6.27. The molecule has 0 radical (unpaired) electrons. The number of anilines is 1. The summed E-state index contributed by atoms with van der Waals surface area (Å²) in [5, 5.41) is 26.6. The number of nitro benzene ring substituents is 1. The van der Waals surface area contributed by atoms with Crippen LogP contribution in [-0.2, 0) is 9.59 Å². The Balaban J connectivity index is 1.82. The highest BCUT2D eigenvalue weighted by molar-refractivity contribution is 9.10. The Morgan fingerprint density at radius 2 is 1.93 bits per heavy atom. The average molecular weight is 435 g/mol. The zero-order valence-corrected chi connectivity index (χ0v) is 15.5. The molecule has 0 saturated heterocycles. The summed E-state index contributed by atoms with van der Waals surface area (Å²) in [5.74, 6) is -1.06. The lowest BCUT2D eigenvalue weighted by Gasteiger charge is -2.05. The first-order chi connectivity index (χ1) is 12.8. The van der Waals surface area contributed by atoms with Crippen molar-refractivity contribution in [1.29, 1.82) is 0 Å². The number of carbonyl (C=O) groups excluding carboxylic acids is 2. The van der Waals surface area contributed by atoms with Gasteiger partial charge in [-0.1, -0.05) is 22.0 Å². The molecule has 0 atom stereocenters. The van der Waals surface area contributed by atoms with Gasteiger partial charge < -0.3 is 10.4 Å². The summed E-state index contributed by atoms with van der Waals surface area (Å²) >= 11 is 3.29. The molecule has 2 amide bonds. The van der Waals surface area contributed by atoms with E-state index in [1.54, 1.807) is 18.2 Å². The van der Waals surface area contributed by atoms with E-state index in [4.69, 9.17) is 0 Å². The van der Waals surface area contributed by atoms with E-state index < -0.39 is 10.8 Å². The molecule has 0 aliphatic carbocycles. The number of carbonyl (C=O) groups is 2. The number of amides is 2. The number of halogens is 1. The zero-order chi connectivity index (χ0) is 19.8. The zero-order valence-electron chi connectivity index (χ0n) is 13.9. The van der Waals surface area contributed by atoms with Gasteiger partial charge in [-0.05, 0) is 24.3 Å². The van der Waals surface area contributed by atoms with Crippen LogP contribution in [0.1, 0.15) is 18.4 Å². The number of nitrogens with zero attached hydrogens (tertiary/aromatic N) is 2. The molecule has 0 bridgehead atoms. The normalized spacial score (nSPS) is 10.6. The minimum Gasteiger partial charge on any atom is -0.507 e. The maximum atomic E-state index is 11.8. The molecule has 0 unspecified atom stereocenters. The highest BCUT2D eigenvalue weighted by atomic mass is 79.9. The van der Waals surface area contributed by atoms with Crippen LogP contribution in [0.4, 0.5) is 11.4 Å². The maximum Gasteiger partial charge on any atom is 0.270 e. The molecule has 0 fully saturated rings. The molecule has 0 spiro atoms. The first-order valence-corrected chi connectivity index (χ1v) is 8.49. The number of nitrogens with one attached hydrogen (secondary N) is 2. The number of aromatic hydroxyl groups is 1. The maximum absolute atomic E-state index is 11.8. The topological polar surface area (TPSA) is 134 Å². The smallest absolute Gasteiger partial charge is 0.270 e. The third-order valence-corrected chi connectivity index (χ3v) is 3.80. The molecule has 0 aliphatic rings. The van der Waals surface area contributed by atoms with Crippen LogP contribution in [0.15, 0.2) is 52.0 Å². The standard InChI is InChI=1S/C17H15BrN4O5/c18-12-2-1-3-13(9-12)20-16(24)6-7-17(25)21-19-10-11-8-14(22(26)27)4-5-15(11)23/h1-5,8-10,23H,6-7H2,(H,20,24)(H,21,25). The molecule has 0 heterocycles. The first-order valence-electron chi connectivity index (χ1n) is 7.70. The van der Waals surface area contributed by atoms with E-state index >= 15 is 0 Å². The van der Waals surface area contributed by atoms with Crippen molar-refractivity contribution in [3.05, 3.63) is 62.6 Å². The summed E-state index contributed by atoms with van der Waals surface area (Å²) in [6.07, 6.45) is 0.940. The van der Waals surface area contributed by atoms with Crippen LogP contribution in [-0.4, -0.2) is 28.1 Å². The second kappa shape index (κ2) is 9.43. The van der Waals surface area contributed by atoms with Gasteiger partial charge in [0, 0.05) is 40.7 Å². The SMILES string of the molecule is O=C(CCC(=O)Nc1cccc(Br)c1)NN=Cc1cc([N+](=O)[O-])ccc1O. The van der Waals surface area contributed by atoms with Crippen LogP contribution in [0.3, 0.4) is 0 Å². The molecule has 2 aromatic carbocycles. The van der Waals surface area contributed by atoms with Crippen molar-refractivity contribution < 1.29 is 19.6 Å². The fraction of sp³-hybridized carbons (Fsp3) is 0.118. The van der Waals surface area contributed by atoms with Crippen LogP contribution in [0, 0.1) is 10.1 Å². The number of nitro groups is 1. The molecule has 3 N–H and O–H groups in total. The molecule has 9 nitrogen and oxygen atoms in total. The summed E-state index contributed by atoms with van der Waals surface area (Å²) < 4.78 is 0.816. The van der Waals surface area contributed by atoms with E-state index in [9.17, 15) is 24.8 Å². The lowest BCUT2D eigenvalue weighted by Crippen LogP contribution is -2.20. The predicted octanol–water partition coefficient (Wildman–Crippen LogP) is 2.93. The van der Waals surface area contributed by atoms with Gasteiger partial charge in [0.2, 0.25) is 11.8 Å². The Morgan fingerprint density at radius 3 is 2.63 bits per heavy atom. The minimum absolute atomic E-state index is 0.0457. The van der Waals surface area contributed by atoms with Crippen molar-refractivity contribution in [1.82, 2.24) is 5.43 Å². The van der Waals surface area contributed by atoms with Crippen LogP contribution < -0.4 is 10.7 Å². The van der Waals surface area contributed by atoms with E-state index in [1.165, 1.54) is 0 Å². The average Bonchev–Trinajstić information content (AvgIpc) is 2.61. The molecule has 10 heteroatoms. The van der Waals surface area contributed by atoms with Gasteiger partial charge in [0.1, 0.15) is 5.75 Å². The Labute approximate surface area is 162 Å². The molecule has 27 heavy (non-hydrogen) atoms. The molecular formula is C17H15BrN4O5. The number of hydrogen-bond acceptors (Lipinski definition) is 6. The number of rotatable bonds is 7. The van der Waals surface area contributed by atoms with Gasteiger partial charge >= 0.3 is 0 Å². The third kappa shape index (κ3) is 6.51. The summed E-state index contributed by atoms with van der Waals surface area (Å²) in [7, 11) is 0. The Kier molecular flexibility index (Phi) is 7.00. The van der Waals surface area contributed by atoms with Crippen LogP contribution in [0.25, 0.3) is 0 Å². The van der Waals surface area contributed by atoms with Crippen molar-refractivity contribution in [3.8, 4) is 5.75 Å². The predicted molar refractivity (Wildman–Crippen MR) is 103 cm³/mol. The van der Waals surface area contributed by atoms with Gasteiger partial charge in [-0.2, -0.15) is 5.10 Å². The monoisotopic (exact) mass is 434 g/mol. The van der Waals surface area contributed by atoms with E-state index in [0.717, 1.165) is 28.9 Å². The van der Waals surface area contributed by atoms with Gasteiger partial charge in [0.15, 0.2) is 0 Å². The molecule has 0 saturated carbocycles. The van der Waals surface area contributed by atoms with Crippen molar-refractivity contribution in [2.24, 2.45) is 5.10 Å². The molecule has 2 aromatic rings. The van der Waals surface area contributed by atoms with Gasteiger partial charge in [-0.3, -0.25) is 19.7 Å². The van der Waals surface area contributed by atoms with Crippen LogP contribution >= 0.6 is 15.9 Å². The number of non-ortho nitro benzene ring substituents is 1. The first kappa shape index (κ1) is 20.0. The van der Waals surface area contributed by atoms with Crippen molar-refractivity contribution in [2.45, 2.75) is 12.8 Å². The van der Waals surface area contributed by atoms with Crippen LogP contribution in [0.2, 0.25) is 0 Å². The summed E-state index contributed by atoms with van der Waals surface area (Å²) in [6.45, 7) is 0. The molecule has 140 valence electrons. The van der Waals surface area contributed by atoms with E-state index in [0.29, 0.717) is 5.69 Å². The third-order valence-electron chi connectivity index (χ3n) is 3.30. The summed E-state index contributed by atoms with van der Waals surface area (Å²) in [6, 6.07) is 10.5. The number of phenols is 1. The Bertz CT molecular complexity index is 901. The quantitative estimate of drug-likeness (QED) is 0.349. The van der Waals surface area contributed by atoms with E-state index in [1.807, 2.05) is 6.07 Å². The summed E-state index contributed by atoms with van der Waals surface area (Å²) in [5.41, 5.74) is 2.67. The fourth-order valence-corrected chi connectivity index (χ4v) is 2.40. The van der Waals surface area contributed by atoms with Crippen LogP contribution in [0.5, 0.6) is 5.75 Å². The number of phenolic OH excluding ortho intramolecular Hbond substituents is 1. The van der Waals surface area contributed by atoms with E-state index in [-0.39, 0.29) is 35.7 Å². The highest BCUT2D eigenvalue weighted by Crippen LogP contribution is 2.21. The van der Waals surface area contributed by atoms with Gasteiger partial charge in [0.05, 0.1) is 11.1 Å². The van der Waals surface area contributed by atoms with Crippen molar-refractivity contribution in [3.63, 3.8) is 0 Å². The fourth-order valence-electron chi connectivity index (χ4n) is 2.01. The van der Waals surface area contributed by atoms with Gasteiger partial charge in [-0.15, -0.1) is 0 Å². The van der Waals surface area contributed by atoms with Gasteiger partial charge in [0.25, 0.3) is 5.69 Å². The van der Waals surface area contributed by atoms with Gasteiger partial charge in [-0.25, -0.2) is 5.43 Å². The lowest BCUT2D eigenvalue weighted by molar-refractivity contribution is -0.384. The molecule has 0 aliphatic heterocycles. The Morgan fingerprint density at radius 1 is 1.19 bits per heavy atom. The number of hydrazone groups is 1. The largest absolute Gasteiger partial charge is 0.507 e. The summed E-state index contributed by atoms with van der Waals surface area (Å²) in [4.78, 5) is 33.7. The van der Waals surface area contributed by atoms with Crippen molar-refractivity contribution >= 4 is 45.3 Å². The van der Waals surface area contributed by atoms with Crippen molar-refractivity contribution in [2.75, 3.05) is 5.32 Å². The molecule has 0 aromatic heterocycles. The number of benzene rings is 2. The second-order valence-electron chi connectivity index (χ2n) is 5.35. The highest BCUT2D eigenvalue weighted by Gasteiger charge is 2.10. The number of hydrogen-bond donors (Lipinski definition) is 3. The Hall–Kier alpha value is -3.27. The molecular weight excluding hydrogens is 420 g/mol.